The molecule has 0 saturated carbocycles. The summed E-state index contributed by atoms with van der Waals surface area (Å²) in [5.41, 5.74) is 0. The highest BCUT2D eigenvalue weighted by molar-refractivity contribution is 9.24. The molecule has 0 aromatic carbocycles. The third-order valence-corrected chi connectivity index (χ3v) is 3.51. The topological polar surface area (TPSA) is 0 Å². The number of rotatable bonds is 2. The molecular weight excluding hydrogens is 167 g/mol. The first kappa shape index (κ1) is 8.01. The van der Waals surface area contributed by atoms with Crippen LogP contribution < -0.4 is 0 Å². The van der Waals surface area contributed by atoms with Crippen molar-refractivity contribution in [2.75, 3.05) is 0 Å². The molecular formula is C5H12AlBr. The molecule has 0 nitrogen and oxygen atoms in total. The van der Waals surface area contributed by atoms with E-state index in [1.165, 1.54) is 5.28 Å². The summed E-state index contributed by atoms with van der Waals surface area (Å²) in [5, 5.41) is 1.42. The lowest BCUT2D eigenvalue weighted by molar-refractivity contribution is 0.730. The Labute approximate surface area is 57.3 Å². The van der Waals surface area contributed by atoms with E-state index in [1.54, 1.807) is 0 Å². The van der Waals surface area contributed by atoms with E-state index in [0.717, 1.165) is 5.92 Å². The van der Waals surface area contributed by atoms with Gasteiger partial charge >= 0.3 is 12.3 Å². The fraction of sp³-hybridized carbons (Fsp3) is 1.00. The summed E-state index contributed by atoms with van der Waals surface area (Å²) in [7, 11) is 0. The predicted molar refractivity (Wildman–Crippen MR) is 40.2 cm³/mol. The van der Waals surface area contributed by atoms with E-state index in [2.05, 4.69) is 33.7 Å². The lowest BCUT2D eigenvalue weighted by Crippen LogP contribution is -1.99. The molecule has 0 aromatic heterocycles. The second-order valence-corrected chi connectivity index (χ2v) is 9.13. The predicted octanol–water partition coefficient (Wildman–Crippen LogP) is 2.66. The van der Waals surface area contributed by atoms with Crippen LogP contribution in [0.2, 0.25) is 11.1 Å². The van der Waals surface area contributed by atoms with Crippen molar-refractivity contribution in [3.63, 3.8) is 0 Å². The third kappa shape index (κ3) is 7.01. The van der Waals surface area contributed by atoms with Crippen molar-refractivity contribution < 1.29 is 0 Å². The lowest BCUT2D eigenvalue weighted by atomic mass is 10.3. The summed E-state index contributed by atoms with van der Waals surface area (Å²) in [6.45, 7) is 4.54. The zero-order valence-corrected chi connectivity index (χ0v) is 7.98. The van der Waals surface area contributed by atoms with Gasteiger partial charge in [-0.05, 0) is 0 Å². The molecule has 0 saturated heterocycles. The van der Waals surface area contributed by atoms with Crippen LogP contribution in [0.25, 0.3) is 0 Å². The van der Waals surface area contributed by atoms with Crippen molar-refractivity contribution in [3.05, 3.63) is 0 Å². The molecule has 0 amide bonds. The molecule has 0 aliphatic heterocycles. The van der Waals surface area contributed by atoms with Gasteiger partial charge in [0.05, 0.1) is 0 Å². The molecule has 0 radical (unpaired) electrons. The summed E-state index contributed by atoms with van der Waals surface area (Å²) in [6.07, 6.45) is 0. The van der Waals surface area contributed by atoms with Crippen LogP contribution in [0.4, 0.5) is 0 Å². The van der Waals surface area contributed by atoms with Gasteiger partial charge in [-0.3, -0.25) is 0 Å². The summed E-state index contributed by atoms with van der Waals surface area (Å²) < 4.78 is 0. The highest BCUT2D eigenvalue weighted by Gasteiger charge is 2.06. The van der Waals surface area contributed by atoms with Crippen molar-refractivity contribution >= 4 is 26.4 Å². The standard InChI is InChI=1S/C4H9.CH3.Al.BrH/c1-4(2)3;;;/h4H,1H2,2-3H3;1H3;;1H/q;;+1;/p-1. The Morgan fingerprint density at radius 1 is 1.57 bits per heavy atom. The second kappa shape index (κ2) is 3.95. The Kier molecular flexibility index (Phi) is 4.52. The largest absolute Gasteiger partial charge is 0.362 e. The van der Waals surface area contributed by atoms with Gasteiger partial charge < -0.3 is 0 Å². The van der Waals surface area contributed by atoms with Crippen molar-refractivity contribution in [2.45, 2.75) is 24.9 Å². The summed E-state index contributed by atoms with van der Waals surface area (Å²) in [5.74, 6) is 3.21. The quantitative estimate of drug-likeness (QED) is 0.571. The average molecular weight is 179 g/mol. The Hall–Kier alpha value is 1.01. The van der Waals surface area contributed by atoms with Crippen LogP contribution in [0, 0.1) is 5.92 Å². The molecule has 0 heterocycles. The molecule has 0 spiro atoms. The Morgan fingerprint density at radius 2 is 2.00 bits per heavy atom. The van der Waals surface area contributed by atoms with E-state index in [-0.39, 0.29) is 0 Å². The van der Waals surface area contributed by atoms with Gasteiger partial charge in [0.15, 0.2) is 0 Å². The molecule has 0 N–H and O–H groups in total. The van der Waals surface area contributed by atoms with Crippen molar-refractivity contribution in [3.8, 4) is 0 Å². The first-order valence-electron chi connectivity index (χ1n) is 2.77. The van der Waals surface area contributed by atoms with Crippen LogP contribution in [-0.2, 0) is 0 Å². The van der Waals surface area contributed by atoms with Crippen molar-refractivity contribution in [1.29, 1.82) is 0 Å². The smallest absolute Gasteiger partial charge is 0.217 e. The van der Waals surface area contributed by atoms with E-state index >= 15 is 0 Å². The molecule has 0 fully saturated rings. The minimum absolute atomic E-state index is 0.416. The minimum Gasteiger partial charge on any atom is -0.217 e. The van der Waals surface area contributed by atoms with Crippen LogP contribution in [0.5, 0.6) is 0 Å². The summed E-state index contributed by atoms with van der Waals surface area (Å²) in [6, 6.07) is 0. The van der Waals surface area contributed by atoms with Crippen LogP contribution in [0.3, 0.4) is 0 Å². The SMILES string of the molecule is CC(C)[CH2][Al]([CH3])[Br]. The third-order valence-electron chi connectivity index (χ3n) is 0.796. The maximum atomic E-state index is 3.61. The molecule has 2 heteroatoms. The zero-order chi connectivity index (χ0) is 5.86. The highest BCUT2D eigenvalue weighted by Crippen LogP contribution is 2.08. The van der Waals surface area contributed by atoms with Gasteiger partial charge in [-0.15, -0.1) is 0 Å². The summed E-state index contributed by atoms with van der Waals surface area (Å²) in [4.78, 5) is 0. The van der Waals surface area contributed by atoms with Crippen LogP contribution in [-0.4, -0.2) is 12.3 Å². The first-order chi connectivity index (χ1) is 3.13. The van der Waals surface area contributed by atoms with Gasteiger partial charge in [0, 0.05) is 0 Å². The molecule has 0 aliphatic rings. The van der Waals surface area contributed by atoms with Gasteiger partial charge in [-0.25, -0.2) is 14.1 Å². The lowest BCUT2D eigenvalue weighted by Gasteiger charge is -1.99. The fourth-order valence-corrected chi connectivity index (χ4v) is 4.19. The second-order valence-electron chi connectivity index (χ2n) is 2.41. The van der Waals surface area contributed by atoms with Gasteiger partial charge in [-0.1, -0.05) is 30.8 Å². The maximum absolute atomic E-state index is 3.61. The van der Waals surface area contributed by atoms with E-state index in [0.29, 0.717) is 0 Å². The molecule has 0 aromatic rings. The first-order valence-corrected chi connectivity index (χ1v) is 7.92. The molecule has 7 heavy (non-hydrogen) atoms. The van der Waals surface area contributed by atoms with E-state index in [1.807, 2.05) is 0 Å². The van der Waals surface area contributed by atoms with E-state index in [4.69, 9.17) is 0 Å². The molecule has 0 aliphatic carbocycles. The molecule has 0 rings (SSSR count). The van der Waals surface area contributed by atoms with Gasteiger partial charge in [0.2, 0.25) is 0 Å². The monoisotopic (exact) mass is 178 g/mol. The van der Waals surface area contributed by atoms with Crippen molar-refractivity contribution in [2.24, 2.45) is 5.92 Å². The molecule has 0 unspecified atom stereocenters. The number of halogens is 1. The zero-order valence-electron chi connectivity index (χ0n) is 5.24. The summed E-state index contributed by atoms with van der Waals surface area (Å²) >= 11 is 3.20. The van der Waals surface area contributed by atoms with Crippen LogP contribution >= 0.6 is 14.1 Å². The number of hydrogen-bond donors (Lipinski definition) is 0. The normalized spacial score (nSPS) is 9.86. The maximum Gasteiger partial charge on any atom is 0.362 e. The van der Waals surface area contributed by atoms with E-state index < -0.39 is 12.3 Å². The Morgan fingerprint density at radius 3 is 2.00 bits per heavy atom. The van der Waals surface area contributed by atoms with Gasteiger partial charge in [0.1, 0.15) is 0 Å². The van der Waals surface area contributed by atoms with Crippen LogP contribution in [0.1, 0.15) is 13.8 Å². The molecule has 42 valence electrons. The van der Waals surface area contributed by atoms with Gasteiger partial charge in [-0.2, -0.15) is 0 Å². The van der Waals surface area contributed by atoms with Crippen molar-refractivity contribution in [1.82, 2.24) is 0 Å². The minimum atomic E-state index is -0.416. The number of hydrogen-bond acceptors (Lipinski definition) is 0. The Bertz CT molecular complexity index is 37.3. The fourth-order valence-electron chi connectivity index (χ4n) is 0.650. The average Bonchev–Trinajstić information content (AvgIpc) is 1.27. The highest BCUT2D eigenvalue weighted by atomic mass is 79.9. The molecule has 0 atom stereocenters. The van der Waals surface area contributed by atoms with Gasteiger partial charge in [0.25, 0.3) is 0 Å². The Balaban J connectivity index is 2.95. The van der Waals surface area contributed by atoms with Crippen LogP contribution in [0.15, 0.2) is 0 Å². The molecule has 0 bridgehead atoms. The van der Waals surface area contributed by atoms with E-state index in [9.17, 15) is 0 Å².